The lowest BCUT2D eigenvalue weighted by molar-refractivity contribution is 0.310. The molecule has 0 saturated heterocycles. The molecule has 4 heteroatoms. The van der Waals surface area contributed by atoms with Gasteiger partial charge in [0, 0.05) is 6.42 Å². The van der Waals surface area contributed by atoms with Crippen LogP contribution in [-0.2, 0) is 0 Å². The zero-order valence-electron chi connectivity index (χ0n) is 8.87. The topological polar surface area (TPSA) is 65.2 Å². The predicted octanol–water partition coefficient (Wildman–Crippen LogP) is 2.61. The van der Waals surface area contributed by atoms with Crippen molar-refractivity contribution in [2.24, 2.45) is 10.3 Å². The number of benzene rings is 1. The zero-order valence-corrected chi connectivity index (χ0v) is 8.87. The van der Waals surface area contributed by atoms with Gasteiger partial charge in [0.2, 0.25) is 0 Å². The molecule has 16 heavy (non-hydrogen) atoms. The molecule has 2 rings (SSSR count). The van der Waals surface area contributed by atoms with Crippen LogP contribution in [-0.4, -0.2) is 21.8 Å². The van der Waals surface area contributed by atoms with Crippen molar-refractivity contribution in [3.63, 3.8) is 0 Å². The molecule has 84 valence electrons. The van der Waals surface area contributed by atoms with Crippen molar-refractivity contribution in [3.05, 3.63) is 35.9 Å². The van der Waals surface area contributed by atoms with Crippen molar-refractivity contribution < 1.29 is 10.4 Å². The number of nitrogens with zero attached hydrogens (tertiary/aromatic N) is 2. The van der Waals surface area contributed by atoms with Gasteiger partial charge in [0.05, 0.1) is 11.4 Å². The molecule has 0 aromatic heterocycles. The molecule has 1 fully saturated rings. The van der Waals surface area contributed by atoms with Crippen LogP contribution in [0.2, 0.25) is 0 Å². The SMILES string of the molecule is O/N=C1\C/C(=N/O)CC(c2ccccc2)C1. The van der Waals surface area contributed by atoms with Crippen molar-refractivity contribution in [2.75, 3.05) is 0 Å². The molecule has 1 aromatic carbocycles. The lowest BCUT2D eigenvalue weighted by atomic mass is 9.82. The van der Waals surface area contributed by atoms with Crippen molar-refractivity contribution in [1.29, 1.82) is 0 Å². The number of rotatable bonds is 1. The fourth-order valence-corrected chi connectivity index (χ4v) is 2.13. The van der Waals surface area contributed by atoms with Gasteiger partial charge in [-0.15, -0.1) is 0 Å². The summed E-state index contributed by atoms with van der Waals surface area (Å²) in [5.41, 5.74) is 2.53. The highest BCUT2D eigenvalue weighted by Gasteiger charge is 2.24. The molecule has 1 aliphatic carbocycles. The maximum atomic E-state index is 8.82. The lowest BCUT2D eigenvalue weighted by Gasteiger charge is -2.23. The van der Waals surface area contributed by atoms with Gasteiger partial charge in [-0.1, -0.05) is 40.6 Å². The predicted molar refractivity (Wildman–Crippen MR) is 61.5 cm³/mol. The van der Waals surface area contributed by atoms with Crippen LogP contribution < -0.4 is 0 Å². The average molecular weight is 218 g/mol. The first-order chi connectivity index (χ1) is 7.83. The normalized spacial score (nSPS) is 26.1. The second kappa shape index (κ2) is 4.79. The van der Waals surface area contributed by atoms with Crippen molar-refractivity contribution in [1.82, 2.24) is 0 Å². The molecular formula is C12H14N2O2. The van der Waals surface area contributed by atoms with Gasteiger partial charge < -0.3 is 10.4 Å². The molecule has 2 N–H and O–H groups in total. The Labute approximate surface area is 93.9 Å². The largest absolute Gasteiger partial charge is 0.411 e. The molecule has 0 heterocycles. The van der Waals surface area contributed by atoms with Gasteiger partial charge >= 0.3 is 0 Å². The van der Waals surface area contributed by atoms with E-state index in [0.29, 0.717) is 17.8 Å². The first-order valence-corrected chi connectivity index (χ1v) is 5.28. The van der Waals surface area contributed by atoms with Gasteiger partial charge in [0.25, 0.3) is 0 Å². The molecule has 0 amide bonds. The van der Waals surface area contributed by atoms with Crippen molar-refractivity contribution >= 4 is 11.4 Å². The molecular weight excluding hydrogens is 204 g/mol. The van der Waals surface area contributed by atoms with Gasteiger partial charge in [-0.2, -0.15) is 0 Å². The van der Waals surface area contributed by atoms with E-state index in [0.717, 1.165) is 12.8 Å². The quantitative estimate of drug-likeness (QED) is 0.562. The Morgan fingerprint density at radius 3 is 2.00 bits per heavy atom. The fraction of sp³-hybridized carbons (Fsp3) is 0.333. The van der Waals surface area contributed by atoms with E-state index in [1.54, 1.807) is 0 Å². The Balaban J connectivity index is 2.22. The van der Waals surface area contributed by atoms with E-state index in [1.807, 2.05) is 30.3 Å². The minimum Gasteiger partial charge on any atom is -0.411 e. The molecule has 4 nitrogen and oxygen atoms in total. The molecule has 0 radical (unpaired) electrons. The highest BCUT2D eigenvalue weighted by Crippen LogP contribution is 2.29. The van der Waals surface area contributed by atoms with Crippen LogP contribution in [0.5, 0.6) is 0 Å². The lowest BCUT2D eigenvalue weighted by Crippen LogP contribution is -2.21. The maximum absolute atomic E-state index is 8.82. The smallest absolute Gasteiger partial charge is 0.0634 e. The minimum absolute atomic E-state index is 0.242. The van der Waals surface area contributed by atoms with Crippen LogP contribution in [0.1, 0.15) is 30.7 Å². The first-order valence-electron chi connectivity index (χ1n) is 5.28. The molecule has 1 atom stereocenters. The van der Waals surface area contributed by atoms with Gasteiger partial charge in [0.15, 0.2) is 0 Å². The van der Waals surface area contributed by atoms with Gasteiger partial charge in [-0.3, -0.25) is 0 Å². The molecule has 1 unspecified atom stereocenters. The van der Waals surface area contributed by atoms with E-state index in [-0.39, 0.29) is 5.92 Å². The van der Waals surface area contributed by atoms with Crippen LogP contribution in [0, 0.1) is 0 Å². The molecule has 0 spiro atoms. The Hall–Kier alpha value is -1.84. The van der Waals surface area contributed by atoms with Crippen LogP contribution in [0.3, 0.4) is 0 Å². The minimum atomic E-state index is 0.242. The summed E-state index contributed by atoms with van der Waals surface area (Å²) in [5.74, 6) is 0.242. The summed E-state index contributed by atoms with van der Waals surface area (Å²) in [7, 11) is 0. The standard InChI is InChI=1S/C12H14N2O2/c15-13-11-6-10(7-12(8-11)14-16)9-4-2-1-3-5-9/h1-5,10,15-16H,6-8H2/b13-11-,14-12+. The molecule has 1 aliphatic rings. The van der Waals surface area contributed by atoms with Crippen LogP contribution in [0.4, 0.5) is 0 Å². The Kier molecular flexibility index (Phi) is 3.19. The molecule has 0 bridgehead atoms. The summed E-state index contributed by atoms with van der Waals surface area (Å²) < 4.78 is 0. The van der Waals surface area contributed by atoms with E-state index in [4.69, 9.17) is 10.4 Å². The zero-order chi connectivity index (χ0) is 11.4. The molecule has 1 saturated carbocycles. The Morgan fingerprint density at radius 2 is 1.50 bits per heavy atom. The second-order valence-corrected chi connectivity index (χ2v) is 4.03. The van der Waals surface area contributed by atoms with Gasteiger partial charge in [-0.05, 0) is 24.3 Å². The van der Waals surface area contributed by atoms with Gasteiger partial charge in [-0.25, -0.2) is 0 Å². The van der Waals surface area contributed by atoms with E-state index in [9.17, 15) is 0 Å². The highest BCUT2D eigenvalue weighted by atomic mass is 16.4. The summed E-state index contributed by atoms with van der Waals surface area (Å²) in [4.78, 5) is 0. The van der Waals surface area contributed by atoms with Crippen LogP contribution in [0.15, 0.2) is 40.6 Å². The monoisotopic (exact) mass is 218 g/mol. The highest BCUT2D eigenvalue weighted by molar-refractivity contribution is 6.06. The fourth-order valence-electron chi connectivity index (χ4n) is 2.13. The summed E-state index contributed by atoms with van der Waals surface area (Å²) in [6.45, 7) is 0. The second-order valence-electron chi connectivity index (χ2n) is 4.03. The van der Waals surface area contributed by atoms with Crippen molar-refractivity contribution in [2.45, 2.75) is 25.2 Å². The summed E-state index contributed by atoms with van der Waals surface area (Å²) >= 11 is 0. The Bertz CT molecular complexity index is 392. The third-order valence-electron chi connectivity index (χ3n) is 2.93. The summed E-state index contributed by atoms with van der Waals surface area (Å²) in [5, 5.41) is 24.1. The van der Waals surface area contributed by atoms with E-state index in [1.165, 1.54) is 5.56 Å². The molecule has 0 aliphatic heterocycles. The average Bonchev–Trinajstić information content (AvgIpc) is 2.39. The summed E-state index contributed by atoms with van der Waals surface area (Å²) in [6, 6.07) is 10.0. The van der Waals surface area contributed by atoms with Gasteiger partial charge in [0.1, 0.15) is 0 Å². The third kappa shape index (κ3) is 2.21. The summed E-state index contributed by atoms with van der Waals surface area (Å²) in [6.07, 6.45) is 1.91. The number of hydrogen-bond acceptors (Lipinski definition) is 4. The van der Waals surface area contributed by atoms with Crippen LogP contribution in [0.25, 0.3) is 0 Å². The van der Waals surface area contributed by atoms with Crippen molar-refractivity contribution in [3.8, 4) is 0 Å². The first kappa shape index (κ1) is 10.7. The Morgan fingerprint density at radius 1 is 0.938 bits per heavy atom. The number of oxime groups is 2. The maximum Gasteiger partial charge on any atom is 0.0634 e. The number of hydrogen-bond donors (Lipinski definition) is 2. The van der Waals surface area contributed by atoms with Crippen LogP contribution >= 0.6 is 0 Å². The third-order valence-corrected chi connectivity index (χ3v) is 2.93. The van der Waals surface area contributed by atoms with E-state index in [2.05, 4.69) is 10.3 Å². The van der Waals surface area contributed by atoms with E-state index >= 15 is 0 Å². The molecule has 1 aromatic rings. The van der Waals surface area contributed by atoms with E-state index < -0.39 is 0 Å².